The van der Waals surface area contributed by atoms with Crippen LogP contribution in [-0.2, 0) is 0 Å². The van der Waals surface area contributed by atoms with Crippen LogP contribution >= 0.6 is 10.9 Å². The summed E-state index contributed by atoms with van der Waals surface area (Å²) >= 11 is 0. The first-order valence-corrected chi connectivity index (χ1v) is 6.49. The van der Waals surface area contributed by atoms with E-state index in [0.717, 1.165) is 5.75 Å². The molecule has 2 unspecified atom stereocenters. The van der Waals surface area contributed by atoms with Gasteiger partial charge in [-0.2, -0.15) is 0 Å². The van der Waals surface area contributed by atoms with E-state index in [1.54, 1.807) is 0 Å². The van der Waals surface area contributed by atoms with Gasteiger partial charge in [-0.25, -0.2) is 10.9 Å². The lowest BCUT2D eigenvalue weighted by Gasteiger charge is -2.13. The van der Waals surface area contributed by atoms with Gasteiger partial charge < -0.3 is 5.73 Å². The molecule has 1 nitrogen and oxygen atoms in total. The molecule has 0 aliphatic carbocycles. The summed E-state index contributed by atoms with van der Waals surface area (Å²) in [5, 5.41) is 0. The zero-order valence-corrected chi connectivity index (χ0v) is 8.67. The van der Waals surface area contributed by atoms with Gasteiger partial charge in [-0.05, 0) is 22.5 Å². The van der Waals surface area contributed by atoms with E-state index >= 15 is 0 Å². The highest BCUT2D eigenvalue weighted by atomic mass is 32.2. The Hall–Kier alpha value is -0.730. The molecule has 1 heterocycles. The normalized spacial score (nSPS) is 30.2. The van der Waals surface area contributed by atoms with Crippen LogP contribution in [0.3, 0.4) is 0 Å². The largest absolute Gasteiger partial charge is 0.324 e. The van der Waals surface area contributed by atoms with Crippen molar-refractivity contribution in [3.05, 3.63) is 42.0 Å². The first-order valence-electron chi connectivity index (χ1n) is 4.51. The summed E-state index contributed by atoms with van der Waals surface area (Å²) < 4.78 is 0. The molecule has 2 N–H and O–H groups in total. The van der Waals surface area contributed by atoms with Gasteiger partial charge in [0.15, 0.2) is 0 Å². The molecule has 0 saturated carbocycles. The lowest BCUT2D eigenvalue weighted by atomic mass is 10.2. The van der Waals surface area contributed by atoms with Crippen molar-refractivity contribution in [1.29, 1.82) is 0 Å². The molecule has 0 amide bonds. The Labute approximate surface area is 82.0 Å². The van der Waals surface area contributed by atoms with Gasteiger partial charge in [0.1, 0.15) is 0 Å². The molecule has 0 fully saturated rings. The summed E-state index contributed by atoms with van der Waals surface area (Å²) in [4.78, 5) is 1.48. The van der Waals surface area contributed by atoms with E-state index in [1.165, 1.54) is 10.5 Å². The first kappa shape index (κ1) is 8.85. The van der Waals surface area contributed by atoms with Crippen LogP contribution in [0.25, 0.3) is 4.91 Å². The fourth-order valence-electron chi connectivity index (χ4n) is 1.72. The van der Waals surface area contributed by atoms with Crippen LogP contribution in [0.2, 0.25) is 0 Å². The van der Waals surface area contributed by atoms with Crippen LogP contribution in [0.4, 0.5) is 0 Å². The summed E-state index contributed by atoms with van der Waals surface area (Å²) in [6.07, 6.45) is 4.53. The summed E-state index contributed by atoms with van der Waals surface area (Å²) in [7, 11) is -0.00797. The van der Waals surface area contributed by atoms with Gasteiger partial charge in [0, 0.05) is 6.04 Å². The minimum absolute atomic E-state index is 0.00797. The van der Waals surface area contributed by atoms with Gasteiger partial charge >= 0.3 is 0 Å². The maximum absolute atomic E-state index is 5.89. The molecule has 0 spiro atoms. The van der Waals surface area contributed by atoms with Crippen LogP contribution in [0.1, 0.15) is 5.56 Å². The minimum Gasteiger partial charge on any atom is -0.324 e. The van der Waals surface area contributed by atoms with Gasteiger partial charge in [-0.1, -0.05) is 36.4 Å². The van der Waals surface area contributed by atoms with Crippen LogP contribution in [0, 0.1) is 0 Å². The maximum atomic E-state index is 5.89. The predicted octanol–water partition coefficient (Wildman–Crippen LogP) is 2.00. The van der Waals surface area contributed by atoms with Crippen molar-refractivity contribution in [3.8, 4) is 0 Å². The number of hydrogen-bond acceptors (Lipinski definition) is 1. The number of rotatable bonds is 1. The number of nitrogens with two attached hydrogens (primary N) is 1. The second-order valence-electron chi connectivity index (χ2n) is 3.46. The Balaban J connectivity index is 2.32. The Morgan fingerprint density at radius 2 is 2.00 bits per heavy atom. The molecule has 1 aliphatic rings. The molecule has 0 bridgehead atoms. The van der Waals surface area contributed by atoms with Crippen molar-refractivity contribution in [2.24, 2.45) is 5.73 Å². The SMILES string of the molecule is C[SH]1CC(N)C=C1c1ccccc1. The molecular formula is C11H15NS. The first-order chi connectivity index (χ1) is 6.27. The van der Waals surface area contributed by atoms with E-state index in [2.05, 4.69) is 42.7 Å². The third-order valence-corrected chi connectivity index (χ3v) is 4.54. The lowest BCUT2D eigenvalue weighted by molar-refractivity contribution is 0.954. The van der Waals surface area contributed by atoms with Crippen LogP contribution < -0.4 is 5.73 Å². The van der Waals surface area contributed by atoms with Gasteiger partial charge in [0.25, 0.3) is 0 Å². The predicted molar refractivity (Wildman–Crippen MR) is 62.2 cm³/mol. The van der Waals surface area contributed by atoms with Crippen LogP contribution in [0.15, 0.2) is 36.4 Å². The minimum atomic E-state index is -0.00797. The molecule has 2 atom stereocenters. The highest BCUT2D eigenvalue weighted by molar-refractivity contribution is 8.24. The second-order valence-corrected chi connectivity index (χ2v) is 5.71. The maximum Gasteiger partial charge on any atom is 0.0315 e. The molecule has 13 heavy (non-hydrogen) atoms. The molecule has 0 saturated heterocycles. The van der Waals surface area contributed by atoms with Crippen molar-refractivity contribution in [3.63, 3.8) is 0 Å². The number of hydrogen-bond donors (Lipinski definition) is 2. The Bertz CT molecular complexity index is 318. The third-order valence-electron chi connectivity index (χ3n) is 2.34. The number of thiol groups is 1. The molecule has 0 aromatic heterocycles. The van der Waals surface area contributed by atoms with Crippen LogP contribution in [-0.4, -0.2) is 18.1 Å². The molecule has 1 aromatic carbocycles. The van der Waals surface area contributed by atoms with Gasteiger partial charge in [-0.15, -0.1) is 0 Å². The average Bonchev–Trinajstić information content (AvgIpc) is 2.47. The standard InChI is InChI=1S/C11H15NS/c1-13-8-10(12)7-11(13)9-5-3-2-4-6-9/h2-7,10,13H,8,12H2,1H3. The fourth-order valence-corrected chi connectivity index (χ4v) is 3.69. The van der Waals surface area contributed by atoms with Crippen molar-refractivity contribution >= 4 is 15.8 Å². The average molecular weight is 193 g/mol. The Morgan fingerprint density at radius 1 is 1.31 bits per heavy atom. The Morgan fingerprint density at radius 3 is 2.54 bits per heavy atom. The van der Waals surface area contributed by atoms with E-state index in [4.69, 9.17) is 5.73 Å². The molecule has 2 heteroatoms. The van der Waals surface area contributed by atoms with Crippen molar-refractivity contribution in [1.82, 2.24) is 0 Å². The van der Waals surface area contributed by atoms with Gasteiger partial charge in [0.2, 0.25) is 0 Å². The quantitative estimate of drug-likeness (QED) is 0.656. The topological polar surface area (TPSA) is 26.0 Å². The molecule has 0 radical (unpaired) electrons. The fraction of sp³-hybridized carbons (Fsp3) is 0.273. The van der Waals surface area contributed by atoms with E-state index < -0.39 is 0 Å². The van der Waals surface area contributed by atoms with Crippen molar-refractivity contribution in [2.45, 2.75) is 6.04 Å². The summed E-state index contributed by atoms with van der Waals surface area (Å²) in [6, 6.07) is 10.8. The van der Waals surface area contributed by atoms with Crippen molar-refractivity contribution < 1.29 is 0 Å². The molecule has 70 valence electrons. The van der Waals surface area contributed by atoms with Crippen LogP contribution in [0.5, 0.6) is 0 Å². The summed E-state index contributed by atoms with van der Waals surface area (Å²) in [5.41, 5.74) is 7.24. The summed E-state index contributed by atoms with van der Waals surface area (Å²) in [5.74, 6) is 1.15. The van der Waals surface area contributed by atoms with E-state index in [0.29, 0.717) is 0 Å². The van der Waals surface area contributed by atoms with Gasteiger partial charge in [-0.3, -0.25) is 0 Å². The third kappa shape index (κ3) is 1.79. The molecule has 2 rings (SSSR count). The molecule has 1 aliphatic heterocycles. The van der Waals surface area contributed by atoms with E-state index in [-0.39, 0.29) is 16.9 Å². The zero-order chi connectivity index (χ0) is 9.26. The number of benzene rings is 1. The smallest absolute Gasteiger partial charge is 0.0315 e. The lowest BCUT2D eigenvalue weighted by Crippen LogP contribution is -2.16. The molecular weight excluding hydrogens is 178 g/mol. The monoisotopic (exact) mass is 193 g/mol. The van der Waals surface area contributed by atoms with Gasteiger partial charge in [0.05, 0.1) is 0 Å². The summed E-state index contributed by atoms with van der Waals surface area (Å²) in [6.45, 7) is 0. The van der Waals surface area contributed by atoms with Crippen molar-refractivity contribution in [2.75, 3.05) is 12.0 Å². The highest BCUT2D eigenvalue weighted by Gasteiger charge is 2.17. The molecule has 1 aromatic rings. The van der Waals surface area contributed by atoms with E-state index in [9.17, 15) is 0 Å². The second kappa shape index (κ2) is 3.56. The highest BCUT2D eigenvalue weighted by Crippen LogP contribution is 2.44. The Kier molecular flexibility index (Phi) is 2.42. The van der Waals surface area contributed by atoms with E-state index in [1.807, 2.05) is 0 Å². The zero-order valence-electron chi connectivity index (χ0n) is 7.77.